The van der Waals surface area contributed by atoms with E-state index in [-0.39, 0.29) is 0 Å². The van der Waals surface area contributed by atoms with Gasteiger partial charge in [0.05, 0.1) is 19.5 Å². The van der Waals surface area contributed by atoms with E-state index in [0.29, 0.717) is 24.8 Å². The second-order valence-corrected chi connectivity index (χ2v) is 5.06. The molecular weight excluding hydrogens is 280 g/mol. The molecule has 3 heterocycles. The molecule has 0 aliphatic carbocycles. The molecule has 112 valence electrons. The van der Waals surface area contributed by atoms with Crippen LogP contribution in [0, 0.1) is 0 Å². The van der Waals surface area contributed by atoms with Crippen molar-refractivity contribution in [2.75, 3.05) is 36.5 Å². The predicted octanol–water partition coefficient (Wildman–Crippen LogP) is 1.93. The first-order valence-corrected chi connectivity index (χ1v) is 7.26. The molecule has 7 nitrogen and oxygen atoms in total. The summed E-state index contributed by atoms with van der Waals surface area (Å²) in [6.07, 6.45) is 1.65. The van der Waals surface area contributed by atoms with Crippen LogP contribution < -0.4 is 10.2 Å². The van der Waals surface area contributed by atoms with E-state index >= 15 is 0 Å². The first-order valence-electron chi connectivity index (χ1n) is 7.26. The number of benzene rings is 1. The van der Waals surface area contributed by atoms with Gasteiger partial charge >= 0.3 is 0 Å². The number of aromatic amines is 1. The summed E-state index contributed by atoms with van der Waals surface area (Å²) in [5, 5.41) is 3.23. The van der Waals surface area contributed by atoms with Crippen LogP contribution in [0.1, 0.15) is 0 Å². The molecule has 1 fully saturated rings. The molecule has 0 atom stereocenters. The number of ether oxygens (including phenoxy) is 1. The number of H-pyrrole nitrogens is 1. The summed E-state index contributed by atoms with van der Waals surface area (Å²) >= 11 is 0. The second kappa shape index (κ2) is 5.61. The van der Waals surface area contributed by atoms with Crippen molar-refractivity contribution in [3.05, 3.63) is 36.7 Å². The molecule has 1 saturated heterocycles. The van der Waals surface area contributed by atoms with Gasteiger partial charge in [0.25, 0.3) is 0 Å². The molecule has 2 aromatic heterocycles. The van der Waals surface area contributed by atoms with Gasteiger partial charge in [-0.05, 0) is 12.1 Å². The molecule has 3 aromatic rings. The number of anilines is 3. The van der Waals surface area contributed by atoms with Crippen LogP contribution in [0.5, 0.6) is 0 Å². The topological polar surface area (TPSA) is 79.0 Å². The lowest BCUT2D eigenvalue weighted by Crippen LogP contribution is -2.37. The standard InChI is InChI=1S/C15H16N6O/c1-2-4-11(5-3-1)18-15-19-13-12(16-10-17-13)14(20-15)21-6-8-22-9-7-21/h1-5,10H,6-9H2,(H2,16,17,18,19,20). The molecule has 0 amide bonds. The van der Waals surface area contributed by atoms with Crippen LogP contribution in [-0.4, -0.2) is 46.2 Å². The van der Waals surface area contributed by atoms with Crippen molar-refractivity contribution >= 4 is 28.6 Å². The maximum Gasteiger partial charge on any atom is 0.231 e. The van der Waals surface area contributed by atoms with Gasteiger partial charge in [-0.15, -0.1) is 0 Å². The second-order valence-electron chi connectivity index (χ2n) is 5.06. The van der Waals surface area contributed by atoms with Gasteiger partial charge in [0, 0.05) is 18.8 Å². The number of rotatable bonds is 3. The van der Waals surface area contributed by atoms with E-state index in [2.05, 4.69) is 30.2 Å². The summed E-state index contributed by atoms with van der Waals surface area (Å²) in [5.74, 6) is 1.41. The summed E-state index contributed by atoms with van der Waals surface area (Å²) in [5.41, 5.74) is 2.47. The van der Waals surface area contributed by atoms with Gasteiger partial charge in [0.15, 0.2) is 11.5 Å². The first-order chi connectivity index (χ1) is 10.9. The van der Waals surface area contributed by atoms with Crippen LogP contribution in [0.4, 0.5) is 17.5 Å². The van der Waals surface area contributed by atoms with Crippen molar-refractivity contribution in [3.63, 3.8) is 0 Å². The van der Waals surface area contributed by atoms with Gasteiger partial charge in [0.2, 0.25) is 5.95 Å². The average Bonchev–Trinajstić information content (AvgIpc) is 3.04. The zero-order chi connectivity index (χ0) is 14.8. The van der Waals surface area contributed by atoms with Crippen LogP contribution in [0.2, 0.25) is 0 Å². The van der Waals surface area contributed by atoms with Crippen molar-refractivity contribution in [1.82, 2.24) is 19.9 Å². The molecule has 22 heavy (non-hydrogen) atoms. The van der Waals surface area contributed by atoms with Crippen LogP contribution in [0.3, 0.4) is 0 Å². The molecule has 1 aliphatic heterocycles. The van der Waals surface area contributed by atoms with Crippen molar-refractivity contribution in [1.29, 1.82) is 0 Å². The Balaban J connectivity index is 1.73. The van der Waals surface area contributed by atoms with Gasteiger partial charge in [-0.3, -0.25) is 0 Å². The summed E-state index contributed by atoms with van der Waals surface area (Å²) < 4.78 is 5.41. The van der Waals surface area contributed by atoms with Crippen LogP contribution in [-0.2, 0) is 4.74 Å². The van der Waals surface area contributed by atoms with E-state index in [1.54, 1.807) is 6.33 Å². The Labute approximate surface area is 127 Å². The number of hydrogen-bond acceptors (Lipinski definition) is 6. The first kappa shape index (κ1) is 13.0. The Kier molecular flexibility index (Phi) is 3.32. The molecule has 0 bridgehead atoms. The van der Waals surface area contributed by atoms with E-state index in [0.717, 1.165) is 30.1 Å². The summed E-state index contributed by atoms with van der Waals surface area (Å²) in [4.78, 5) is 18.7. The average molecular weight is 296 g/mol. The van der Waals surface area contributed by atoms with Gasteiger partial charge in [-0.25, -0.2) is 4.98 Å². The zero-order valence-electron chi connectivity index (χ0n) is 12.0. The summed E-state index contributed by atoms with van der Waals surface area (Å²) in [7, 11) is 0. The monoisotopic (exact) mass is 296 g/mol. The fourth-order valence-corrected chi connectivity index (χ4v) is 2.53. The number of nitrogens with one attached hydrogen (secondary N) is 2. The Morgan fingerprint density at radius 2 is 1.91 bits per heavy atom. The minimum absolute atomic E-state index is 0.548. The van der Waals surface area contributed by atoms with Gasteiger partial charge in [-0.2, -0.15) is 9.97 Å². The molecule has 0 radical (unpaired) electrons. The van der Waals surface area contributed by atoms with Gasteiger partial charge < -0.3 is 19.9 Å². The Bertz CT molecular complexity index is 766. The third kappa shape index (κ3) is 2.46. The van der Waals surface area contributed by atoms with E-state index in [9.17, 15) is 0 Å². The van der Waals surface area contributed by atoms with Crippen LogP contribution in [0.15, 0.2) is 36.7 Å². The molecular formula is C15H16N6O. The molecule has 4 rings (SSSR count). The Morgan fingerprint density at radius 1 is 1.09 bits per heavy atom. The highest BCUT2D eigenvalue weighted by Gasteiger charge is 2.18. The van der Waals surface area contributed by atoms with Crippen molar-refractivity contribution in [2.24, 2.45) is 0 Å². The highest BCUT2D eigenvalue weighted by atomic mass is 16.5. The number of aromatic nitrogens is 4. The minimum atomic E-state index is 0.548. The largest absolute Gasteiger partial charge is 0.378 e. The fraction of sp³-hybridized carbons (Fsp3) is 0.267. The Morgan fingerprint density at radius 3 is 2.73 bits per heavy atom. The molecule has 7 heteroatoms. The van der Waals surface area contributed by atoms with E-state index in [1.807, 2.05) is 30.3 Å². The third-order valence-corrected chi connectivity index (χ3v) is 3.61. The molecule has 2 N–H and O–H groups in total. The highest BCUT2D eigenvalue weighted by Crippen LogP contribution is 2.24. The number of imidazole rings is 1. The van der Waals surface area contributed by atoms with E-state index in [1.165, 1.54) is 0 Å². The lowest BCUT2D eigenvalue weighted by molar-refractivity contribution is 0.122. The zero-order valence-corrected chi connectivity index (χ0v) is 12.0. The third-order valence-electron chi connectivity index (χ3n) is 3.61. The van der Waals surface area contributed by atoms with Crippen LogP contribution in [0.25, 0.3) is 11.2 Å². The molecule has 1 aliphatic rings. The number of para-hydroxylation sites is 1. The number of morpholine rings is 1. The molecule has 0 saturated carbocycles. The SMILES string of the molecule is c1ccc(Nc2nc(N3CCOCC3)c3[nH]cnc3n2)cc1. The molecule has 0 spiro atoms. The maximum absolute atomic E-state index is 5.41. The normalized spacial score (nSPS) is 15.2. The van der Waals surface area contributed by atoms with E-state index in [4.69, 9.17) is 4.74 Å². The lowest BCUT2D eigenvalue weighted by atomic mass is 10.3. The van der Waals surface area contributed by atoms with Crippen LogP contribution >= 0.6 is 0 Å². The number of fused-ring (bicyclic) bond motifs is 1. The molecule has 0 unspecified atom stereocenters. The predicted molar refractivity (Wildman–Crippen MR) is 84.4 cm³/mol. The van der Waals surface area contributed by atoms with Gasteiger partial charge in [-0.1, -0.05) is 18.2 Å². The molecule has 1 aromatic carbocycles. The minimum Gasteiger partial charge on any atom is -0.378 e. The summed E-state index contributed by atoms with van der Waals surface area (Å²) in [6, 6.07) is 9.87. The highest BCUT2D eigenvalue weighted by molar-refractivity contribution is 5.84. The maximum atomic E-state index is 5.41. The van der Waals surface area contributed by atoms with Crippen molar-refractivity contribution < 1.29 is 4.74 Å². The lowest BCUT2D eigenvalue weighted by Gasteiger charge is -2.28. The fourth-order valence-electron chi connectivity index (χ4n) is 2.53. The van der Waals surface area contributed by atoms with E-state index < -0.39 is 0 Å². The Hall–Kier alpha value is -2.67. The number of nitrogens with zero attached hydrogens (tertiary/aromatic N) is 4. The van der Waals surface area contributed by atoms with Crippen molar-refractivity contribution in [2.45, 2.75) is 0 Å². The quantitative estimate of drug-likeness (QED) is 0.769. The van der Waals surface area contributed by atoms with Crippen molar-refractivity contribution in [3.8, 4) is 0 Å². The van der Waals surface area contributed by atoms with Gasteiger partial charge in [0.1, 0.15) is 5.52 Å². The number of hydrogen-bond donors (Lipinski definition) is 2. The summed E-state index contributed by atoms with van der Waals surface area (Å²) in [6.45, 7) is 3.05. The smallest absolute Gasteiger partial charge is 0.231 e.